The number of carbonyl (C=O) groups excluding carboxylic acids is 2. The molecular formula is C27H28N2O2. The third kappa shape index (κ3) is 4.58. The van der Waals surface area contributed by atoms with E-state index in [2.05, 4.69) is 48.3 Å². The summed E-state index contributed by atoms with van der Waals surface area (Å²) in [5, 5.41) is 0. The zero-order valence-corrected chi connectivity index (χ0v) is 18.3. The van der Waals surface area contributed by atoms with Gasteiger partial charge in [0.25, 0.3) is 0 Å². The number of aromatic nitrogens is 1. The Morgan fingerprint density at radius 3 is 2.39 bits per heavy atom. The van der Waals surface area contributed by atoms with Crippen LogP contribution < -0.4 is 0 Å². The lowest BCUT2D eigenvalue weighted by Crippen LogP contribution is -2.47. The number of pyridine rings is 1. The molecule has 4 nitrogen and oxygen atoms in total. The van der Waals surface area contributed by atoms with Crippen LogP contribution in [0.3, 0.4) is 0 Å². The molecule has 0 unspecified atom stereocenters. The molecule has 1 aliphatic rings. The summed E-state index contributed by atoms with van der Waals surface area (Å²) in [4.78, 5) is 30.7. The van der Waals surface area contributed by atoms with Crippen molar-refractivity contribution in [3.05, 3.63) is 100 Å². The van der Waals surface area contributed by atoms with Gasteiger partial charge in [-0.05, 0) is 48.2 Å². The van der Waals surface area contributed by atoms with Crippen molar-refractivity contribution in [2.24, 2.45) is 0 Å². The highest BCUT2D eigenvalue weighted by atomic mass is 16.2. The minimum Gasteiger partial charge on any atom is -0.342 e. The maximum atomic E-state index is 13.1. The van der Waals surface area contributed by atoms with Crippen LogP contribution in [0.5, 0.6) is 0 Å². The average molecular weight is 413 g/mol. The molecule has 0 saturated carbocycles. The van der Waals surface area contributed by atoms with Gasteiger partial charge in [0, 0.05) is 55.7 Å². The fourth-order valence-corrected chi connectivity index (χ4v) is 4.35. The van der Waals surface area contributed by atoms with Gasteiger partial charge in [-0.1, -0.05) is 48.5 Å². The highest BCUT2D eigenvalue weighted by Gasteiger charge is 2.30. The average Bonchev–Trinajstić information content (AvgIpc) is 2.72. The topological polar surface area (TPSA) is 50.3 Å². The molecule has 2 aromatic carbocycles. The molecule has 3 aromatic rings. The van der Waals surface area contributed by atoms with E-state index in [9.17, 15) is 9.59 Å². The van der Waals surface area contributed by atoms with Crippen LogP contribution >= 0.6 is 0 Å². The Balaban J connectivity index is 1.60. The van der Waals surface area contributed by atoms with Gasteiger partial charge in [-0.15, -0.1) is 0 Å². The zero-order valence-electron chi connectivity index (χ0n) is 18.3. The molecule has 1 amide bonds. The molecule has 1 saturated heterocycles. The van der Waals surface area contributed by atoms with E-state index in [1.165, 1.54) is 16.7 Å². The summed E-state index contributed by atoms with van der Waals surface area (Å²) < 4.78 is 0. The molecular weight excluding hydrogens is 384 g/mol. The minimum atomic E-state index is -0.00803. The monoisotopic (exact) mass is 412 g/mol. The summed E-state index contributed by atoms with van der Waals surface area (Å²) in [6.07, 6.45) is 2.11. The maximum absolute atomic E-state index is 13.1. The summed E-state index contributed by atoms with van der Waals surface area (Å²) in [7, 11) is 0. The van der Waals surface area contributed by atoms with Crippen molar-refractivity contribution in [1.29, 1.82) is 0 Å². The van der Waals surface area contributed by atoms with Crippen molar-refractivity contribution in [2.75, 3.05) is 13.1 Å². The van der Waals surface area contributed by atoms with Crippen LogP contribution in [0.2, 0.25) is 0 Å². The Morgan fingerprint density at radius 2 is 1.74 bits per heavy atom. The Labute approximate surface area is 183 Å². The van der Waals surface area contributed by atoms with Crippen molar-refractivity contribution in [1.82, 2.24) is 9.88 Å². The number of rotatable bonds is 6. The molecule has 1 aliphatic heterocycles. The van der Waals surface area contributed by atoms with Gasteiger partial charge >= 0.3 is 0 Å². The Kier molecular flexibility index (Phi) is 5.99. The molecule has 0 aliphatic carbocycles. The number of hydrogen-bond acceptors (Lipinski definition) is 3. The summed E-state index contributed by atoms with van der Waals surface area (Å²) in [6.45, 7) is 7.20. The molecule has 4 rings (SSSR count). The van der Waals surface area contributed by atoms with E-state index in [0.29, 0.717) is 17.9 Å². The van der Waals surface area contributed by atoms with Crippen LogP contribution in [0, 0.1) is 13.8 Å². The van der Waals surface area contributed by atoms with Crippen LogP contribution in [0.1, 0.15) is 63.5 Å². The van der Waals surface area contributed by atoms with E-state index < -0.39 is 0 Å². The number of amides is 1. The van der Waals surface area contributed by atoms with E-state index in [-0.39, 0.29) is 17.6 Å². The predicted octanol–water partition coefficient (Wildman–Crippen LogP) is 5.05. The quantitative estimate of drug-likeness (QED) is 0.533. The third-order valence-corrected chi connectivity index (χ3v) is 6.31. The van der Waals surface area contributed by atoms with Crippen LogP contribution in [-0.4, -0.2) is 34.7 Å². The standard InChI is InChI=1S/C27H28N2O2/c1-18-6-4-5-7-25(18)26(15-27(31)23-12-13-28-19(2)14-23)22-10-8-21(9-11-22)24-16-29(17-24)20(3)30/h4-14,24,26H,15-17H2,1-3H3/t26-/m1/s1. The second-order valence-electron chi connectivity index (χ2n) is 8.51. The fourth-order valence-electron chi connectivity index (χ4n) is 4.35. The van der Waals surface area contributed by atoms with E-state index >= 15 is 0 Å². The van der Waals surface area contributed by atoms with Crippen molar-refractivity contribution >= 4 is 11.7 Å². The van der Waals surface area contributed by atoms with Crippen molar-refractivity contribution in [3.8, 4) is 0 Å². The number of nitrogens with zero attached hydrogens (tertiary/aromatic N) is 2. The highest BCUT2D eigenvalue weighted by Crippen LogP contribution is 2.34. The first-order chi connectivity index (χ1) is 14.9. The minimum absolute atomic E-state index is 0.00803. The highest BCUT2D eigenvalue weighted by molar-refractivity contribution is 5.96. The van der Waals surface area contributed by atoms with Gasteiger partial charge in [-0.3, -0.25) is 14.6 Å². The SMILES string of the molecule is CC(=O)N1CC(c2ccc([C@@H](CC(=O)c3ccnc(C)c3)c3ccccc3C)cc2)C1. The molecule has 1 aromatic heterocycles. The molecule has 4 heteroatoms. The van der Waals surface area contributed by atoms with E-state index in [4.69, 9.17) is 0 Å². The normalized spacial score (nSPS) is 14.7. The van der Waals surface area contributed by atoms with E-state index in [1.807, 2.05) is 30.0 Å². The van der Waals surface area contributed by atoms with E-state index in [1.54, 1.807) is 19.2 Å². The molecule has 0 bridgehead atoms. The smallest absolute Gasteiger partial charge is 0.219 e. The first-order valence-corrected chi connectivity index (χ1v) is 10.8. The zero-order chi connectivity index (χ0) is 22.0. The van der Waals surface area contributed by atoms with Crippen LogP contribution in [0.25, 0.3) is 0 Å². The summed E-state index contributed by atoms with van der Waals surface area (Å²) in [5.41, 5.74) is 6.32. The van der Waals surface area contributed by atoms with Gasteiger partial charge in [0.05, 0.1) is 0 Å². The van der Waals surface area contributed by atoms with Gasteiger partial charge in [-0.2, -0.15) is 0 Å². The second-order valence-corrected chi connectivity index (χ2v) is 8.51. The second kappa shape index (κ2) is 8.84. The molecule has 0 spiro atoms. The number of Topliss-reactive ketones (excluding diaryl/α,β-unsaturated/α-hetero) is 1. The first kappa shape index (κ1) is 21.0. The van der Waals surface area contributed by atoms with Crippen molar-refractivity contribution in [3.63, 3.8) is 0 Å². The molecule has 31 heavy (non-hydrogen) atoms. The lowest BCUT2D eigenvalue weighted by molar-refractivity contribution is -0.133. The fraction of sp³-hybridized carbons (Fsp3) is 0.296. The first-order valence-electron chi connectivity index (χ1n) is 10.8. The van der Waals surface area contributed by atoms with Gasteiger partial charge < -0.3 is 4.90 Å². The number of aryl methyl sites for hydroxylation is 2. The molecule has 2 heterocycles. The third-order valence-electron chi connectivity index (χ3n) is 6.31. The molecule has 0 radical (unpaired) electrons. The van der Waals surface area contributed by atoms with Crippen molar-refractivity contribution in [2.45, 2.75) is 39.0 Å². The Bertz CT molecular complexity index is 1100. The Morgan fingerprint density at radius 1 is 1.03 bits per heavy atom. The molecule has 1 fully saturated rings. The van der Waals surface area contributed by atoms with Crippen LogP contribution in [-0.2, 0) is 4.79 Å². The maximum Gasteiger partial charge on any atom is 0.219 e. The molecule has 158 valence electrons. The van der Waals surface area contributed by atoms with Gasteiger partial charge in [0.1, 0.15) is 0 Å². The molecule has 1 atom stereocenters. The van der Waals surface area contributed by atoms with Crippen LogP contribution in [0.15, 0.2) is 66.9 Å². The van der Waals surface area contributed by atoms with Gasteiger partial charge in [0.15, 0.2) is 5.78 Å². The Hall–Kier alpha value is -3.27. The lowest BCUT2D eigenvalue weighted by atomic mass is 9.82. The van der Waals surface area contributed by atoms with Crippen LogP contribution in [0.4, 0.5) is 0 Å². The molecule has 0 N–H and O–H groups in total. The lowest BCUT2D eigenvalue weighted by Gasteiger charge is -2.39. The number of ketones is 1. The summed E-state index contributed by atoms with van der Waals surface area (Å²) >= 11 is 0. The number of likely N-dealkylation sites (tertiary alicyclic amines) is 1. The van der Waals surface area contributed by atoms with Gasteiger partial charge in [0.2, 0.25) is 5.91 Å². The summed E-state index contributed by atoms with van der Waals surface area (Å²) in [5.74, 6) is 0.652. The number of benzene rings is 2. The number of hydrogen-bond donors (Lipinski definition) is 0. The van der Waals surface area contributed by atoms with Gasteiger partial charge in [-0.25, -0.2) is 0 Å². The largest absolute Gasteiger partial charge is 0.342 e. The van der Waals surface area contributed by atoms with Crippen molar-refractivity contribution < 1.29 is 9.59 Å². The summed E-state index contributed by atoms with van der Waals surface area (Å²) in [6, 6.07) is 20.6. The predicted molar refractivity (Wildman–Crippen MR) is 122 cm³/mol. The van der Waals surface area contributed by atoms with E-state index in [0.717, 1.165) is 24.3 Å². The number of carbonyl (C=O) groups is 2.